The molecule has 1 N–H and O–H groups in total. The number of rotatable bonds is 3. The normalized spacial score (nSPS) is 15.6. The van der Waals surface area contributed by atoms with Gasteiger partial charge in [-0.05, 0) is 19.8 Å². The molecule has 6 heteroatoms. The van der Waals surface area contributed by atoms with Gasteiger partial charge in [0.1, 0.15) is 0 Å². The SMILES string of the molecule is Cc1ccc(-c2csc(NC(=O)C3CCN(C(=O)C(C)(C)C)CC3)n2)cc1. The van der Waals surface area contributed by atoms with Gasteiger partial charge in [-0.2, -0.15) is 0 Å². The number of hydrogen-bond donors (Lipinski definition) is 1. The van der Waals surface area contributed by atoms with Gasteiger partial charge < -0.3 is 10.2 Å². The Morgan fingerprint density at radius 3 is 2.37 bits per heavy atom. The van der Waals surface area contributed by atoms with Crippen molar-refractivity contribution in [1.82, 2.24) is 9.88 Å². The summed E-state index contributed by atoms with van der Waals surface area (Å²) in [5.74, 6) is 0.0902. The molecule has 27 heavy (non-hydrogen) atoms. The van der Waals surface area contributed by atoms with E-state index in [1.165, 1.54) is 16.9 Å². The summed E-state index contributed by atoms with van der Waals surface area (Å²) in [7, 11) is 0. The molecule has 0 atom stereocenters. The van der Waals surface area contributed by atoms with E-state index in [1.807, 2.05) is 43.2 Å². The standard InChI is InChI=1S/C21H27N3O2S/c1-14-5-7-15(8-6-14)17-13-27-20(22-17)23-18(25)16-9-11-24(12-10-16)19(26)21(2,3)4/h5-8,13,16H,9-12H2,1-4H3,(H,22,23,25). The minimum atomic E-state index is -0.373. The average Bonchev–Trinajstić information content (AvgIpc) is 3.09. The predicted molar refractivity (Wildman–Crippen MR) is 110 cm³/mol. The molecule has 1 aromatic heterocycles. The first-order valence-electron chi connectivity index (χ1n) is 9.37. The Morgan fingerprint density at radius 2 is 1.78 bits per heavy atom. The summed E-state index contributed by atoms with van der Waals surface area (Å²) in [6.07, 6.45) is 1.40. The van der Waals surface area contributed by atoms with Gasteiger partial charge in [0, 0.05) is 35.4 Å². The molecule has 1 aliphatic rings. The molecule has 0 aliphatic carbocycles. The minimum absolute atomic E-state index is 0.00247. The molecule has 2 aromatic rings. The van der Waals surface area contributed by atoms with Crippen molar-refractivity contribution in [3.8, 4) is 11.3 Å². The van der Waals surface area contributed by atoms with Gasteiger partial charge in [-0.1, -0.05) is 50.6 Å². The number of nitrogens with zero attached hydrogens (tertiary/aromatic N) is 2. The summed E-state index contributed by atoms with van der Waals surface area (Å²) in [6, 6.07) is 8.19. The highest BCUT2D eigenvalue weighted by atomic mass is 32.1. The van der Waals surface area contributed by atoms with Crippen molar-refractivity contribution in [1.29, 1.82) is 0 Å². The van der Waals surface area contributed by atoms with Crippen molar-refractivity contribution in [3.05, 3.63) is 35.2 Å². The zero-order valence-corrected chi connectivity index (χ0v) is 17.2. The van der Waals surface area contributed by atoms with Crippen molar-refractivity contribution in [2.24, 2.45) is 11.3 Å². The molecule has 5 nitrogen and oxygen atoms in total. The van der Waals surface area contributed by atoms with Crippen LogP contribution in [-0.4, -0.2) is 34.8 Å². The monoisotopic (exact) mass is 385 g/mol. The number of benzene rings is 1. The summed E-state index contributed by atoms with van der Waals surface area (Å²) < 4.78 is 0. The van der Waals surface area contributed by atoms with E-state index in [0.29, 0.717) is 31.1 Å². The lowest BCUT2D eigenvalue weighted by Gasteiger charge is -2.35. The second kappa shape index (κ2) is 7.80. The first kappa shape index (κ1) is 19.5. The van der Waals surface area contributed by atoms with Crippen LogP contribution in [0, 0.1) is 18.3 Å². The largest absolute Gasteiger partial charge is 0.342 e. The Labute approximate surface area is 164 Å². The molecule has 3 rings (SSSR count). The molecular formula is C21H27N3O2S. The molecule has 144 valence electrons. The number of piperidine rings is 1. The molecular weight excluding hydrogens is 358 g/mol. The second-order valence-electron chi connectivity index (χ2n) is 8.21. The Morgan fingerprint density at radius 1 is 1.15 bits per heavy atom. The third-order valence-corrected chi connectivity index (χ3v) is 5.63. The highest BCUT2D eigenvalue weighted by Gasteiger charge is 2.32. The molecule has 0 saturated carbocycles. The third kappa shape index (κ3) is 4.75. The molecule has 1 aliphatic heterocycles. The van der Waals surface area contributed by atoms with Crippen LogP contribution < -0.4 is 5.32 Å². The van der Waals surface area contributed by atoms with E-state index in [2.05, 4.69) is 29.4 Å². The van der Waals surface area contributed by atoms with E-state index in [-0.39, 0.29) is 23.1 Å². The van der Waals surface area contributed by atoms with Crippen LogP contribution in [0.2, 0.25) is 0 Å². The van der Waals surface area contributed by atoms with Gasteiger partial charge in [-0.15, -0.1) is 11.3 Å². The fourth-order valence-electron chi connectivity index (χ4n) is 3.21. The second-order valence-corrected chi connectivity index (χ2v) is 9.07. The number of nitrogens with one attached hydrogen (secondary N) is 1. The average molecular weight is 386 g/mol. The van der Waals surface area contributed by atoms with Crippen LogP contribution in [0.25, 0.3) is 11.3 Å². The maximum Gasteiger partial charge on any atom is 0.229 e. The molecule has 1 fully saturated rings. The van der Waals surface area contributed by atoms with Crippen molar-refractivity contribution in [2.75, 3.05) is 18.4 Å². The zero-order chi connectivity index (χ0) is 19.6. The molecule has 0 radical (unpaired) electrons. The maximum atomic E-state index is 12.6. The first-order valence-corrected chi connectivity index (χ1v) is 10.2. The first-order chi connectivity index (χ1) is 12.7. The smallest absolute Gasteiger partial charge is 0.229 e. The number of anilines is 1. The summed E-state index contributed by atoms with van der Waals surface area (Å²) in [4.78, 5) is 31.4. The van der Waals surface area contributed by atoms with E-state index >= 15 is 0 Å². The Balaban J connectivity index is 1.56. The number of aryl methyl sites for hydroxylation is 1. The lowest BCUT2D eigenvalue weighted by atomic mass is 9.91. The number of carbonyl (C=O) groups is 2. The summed E-state index contributed by atoms with van der Waals surface area (Å²) in [5.41, 5.74) is 2.76. The van der Waals surface area contributed by atoms with Crippen LogP contribution in [-0.2, 0) is 9.59 Å². The van der Waals surface area contributed by atoms with Crippen molar-refractivity contribution >= 4 is 28.3 Å². The molecule has 0 spiro atoms. The van der Waals surface area contributed by atoms with E-state index in [1.54, 1.807) is 0 Å². The van der Waals surface area contributed by atoms with Gasteiger partial charge in [0.15, 0.2) is 5.13 Å². The fourth-order valence-corrected chi connectivity index (χ4v) is 3.94. The topological polar surface area (TPSA) is 62.3 Å². The predicted octanol–water partition coefficient (Wildman–Crippen LogP) is 4.34. The van der Waals surface area contributed by atoms with Gasteiger partial charge in [0.25, 0.3) is 0 Å². The lowest BCUT2D eigenvalue weighted by molar-refractivity contribution is -0.142. The van der Waals surface area contributed by atoms with Crippen LogP contribution >= 0.6 is 11.3 Å². The van der Waals surface area contributed by atoms with Gasteiger partial charge in [-0.25, -0.2) is 4.98 Å². The number of carbonyl (C=O) groups excluding carboxylic acids is 2. The number of amides is 2. The van der Waals surface area contributed by atoms with Crippen LogP contribution in [0.1, 0.15) is 39.2 Å². The van der Waals surface area contributed by atoms with E-state index < -0.39 is 0 Å². The lowest BCUT2D eigenvalue weighted by Crippen LogP contribution is -2.45. The summed E-state index contributed by atoms with van der Waals surface area (Å²) in [5, 5.41) is 5.54. The highest BCUT2D eigenvalue weighted by molar-refractivity contribution is 7.14. The molecule has 0 unspecified atom stereocenters. The quantitative estimate of drug-likeness (QED) is 0.855. The minimum Gasteiger partial charge on any atom is -0.342 e. The third-order valence-electron chi connectivity index (χ3n) is 4.88. The Hall–Kier alpha value is -2.21. The van der Waals surface area contributed by atoms with Crippen LogP contribution in [0.4, 0.5) is 5.13 Å². The van der Waals surface area contributed by atoms with E-state index in [4.69, 9.17) is 0 Å². The summed E-state index contributed by atoms with van der Waals surface area (Å²) >= 11 is 1.44. The zero-order valence-electron chi connectivity index (χ0n) is 16.4. The molecule has 1 saturated heterocycles. The van der Waals surface area contributed by atoms with Crippen LogP contribution in [0.3, 0.4) is 0 Å². The summed E-state index contributed by atoms with van der Waals surface area (Å²) in [6.45, 7) is 9.13. The van der Waals surface area contributed by atoms with Crippen LogP contribution in [0.5, 0.6) is 0 Å². The van der Waals surface area contributed by atoms with Gasteiger partial charge >= 0.3 is 0 Å². The van der Waals surface area contributed by atoms with Crippen molar-refractivity contribution in [3.63, 3.8) is 0 Å². The molecule has 2 amide bonds. The fraction of sp³-hybridized carbons (Fsp3) is 0.476. The Bertz CT molecular complexity index is 813. The molecule has 2 heterocycles. The van der Waals surface area contributed by atoms with Gasteiger partial charge in [-0.3, -0.25) is 9.59 Å². The van der Waals surface area contributed by atoms with Crippen molar-refractivity contribution < 1.29 is 9.59 Å². The number of hydrogen-bond acceptors (Lipinski definition) is 4. The van der Waals surface area contributed by atoms with E-state index in [0.717, 1.165) is 11.3 Å². The number of thiazole rings is 1. The van der Waals surface area contributed by atoms with E-state index in [9.17, 15) is 9.59 Å². The van der Waals surface area contributed by atoms with Gasteiger partial charge in [0.05, 0.1) is 5.69 Å². The molecule has 0 bridgehead atoms. The number of aromatic nitrogens is 1. The molecule has 1 aromatic carbocycles. The van der Waals surface area contributed by atoms with Crippen molar-refractivity contribution in [2.45, 2.75) is 40.5 Å². The van der Waals surface area contributed by atoms with Gasteiger partial charge in [0.2, 0.25) is 11.8 Å². The highest BCUT2D eigenvalue weighted by Crippen LogP contribution is 2.27. The van der Waals surface area contributed by atoms with Crippen LogP contribution in [0.15, 0.2) is 29.6 Å². The maximum absolute atomic E-state index is 12.6. The Kier molecular flexibility index (Phi) is 5.65. The number of likely N-dealkylation sites (tertiary alicyclic amines) is 1.